The van der Waals surface area contributed by atoms with Gasteiger partial charge in [0.15, 0.2) is 0 Å². The van der Waals surface area contributed by atoms with Crippen molar-refractivity contribution in [1.29, 1.82) is 0 Å². The summed E-state index contributed by atoms with van der Waals surface area (Å²) in [7, 11) is 0. The second-order valence-corrected chi connectivity index (χ2v) is 12.6. The highest BCUT2D eigenvalue weighted by molar-refractivity contribution is 5.85. The molecule has 4 rings (SSSR count). The van der Waals surface area contributed by atoms with Crippen molar-refractivity contribution >= 4 is 11.5 Å². The number of ether oxygens (including phenoxy) is 2. The molecule has 4 nitrogen and oxygen atoms in total. The van der Waals surface area contributed by atoms with Gasteiger partial charge in [0.1, 0.15) is 17.1 Å². The zero-order chi connectivity index (χ0) is 26.6. The number of carbonyl (C=O) groups excluding carboxylic acids is 1. The van der Waals surface area contributed by atoms with E-state index in [1.165, 1.54) is 81.2 Å². The van der Waals surface area contributed by atoms with Crippen LogP contribution in [0.2, 0.25) is 0 Å². The first-order valence-corrected chi connectivity index (χ1v) is 15.2. The molecule has 0 amide bonds. The number of unbranched alkanes of at least 4 members (excludes halogenated alkanes) is 2. The molecule has 3 aliphatic rings. The molecule has 0 bridgehead atoms. The van der Waals surface area contributed by atoms with Gasteiger partial charge in [-0.05, 0) is 119 Å². The minimum absolute atomic E-state index is 0.113. The van der Waals surface area contributed by atoms with Gasteiger partial charge in [-0.1, -0.05) is 53.4 Å². The summed E-state index contributed by atoms with van der Waals surface area (Å²) in [6.45, 7) is 17.0. The van der Waals surface area contributed by atoms with Crippen molar-refractivity contribution in [3.8, 4) is 11.5 Å². The fourth-order valence-corrected chi connectivity index (χ4v) is 6.74. The number of allylic oxidation sites excluding steroid dienone is 1. The van der Waals surface area contributed by atoms with Crippen LogP contribution in [0.5, 0.6) is 11.5 Å². The summed E-state index contributed by atoms with van der Waals surface area (Å²) < 4.78 is 13.0. The predicted octanol–water partition coefficient (Wildman–Crippen LogP) is 8.53. The Morgan fingerprint density at radius 1 is 1.14 bits per heavy atom. The quantitative estimate of drug-likeness (QED) is 0.170. The number of benzene rings is 1. The van der Waals surface area contributed by atoms with Crippen molar-refractivity contribution in [2.45, 2.75) is 124 Å². The van der Waals surface area contributed by atoms with Crippen molar-refractivity contribution < 1.29 is 14.3 Å². The molecule has 0 saturated carbocycles. The number of nitrogens with zero attached hydrogens (tertiary/aromatic N) is 1. The second kappa shape index (κ2) is 12.4. The molecule has 2 aliphatic heterocycles. The van der Waals surface area contributed by atoms with Crippen molar-refractivity contribution in [1.82, 2.24) is 4.90 Å². The molecule has 2 heterocycles. The first-order valence-electron chi connectivity index (χ1n) is 15.2. The van der Waals surface area contributed by atoms with Crippen LogP contribution < -0.4 is 9.47 Å². The van der Waals surface area contributed by atoms with E-state index >= 15 is 0 Å². The topological polar surface area (TPSA) is 38.8 Å². The number of carbonyl (C=O) groups is 1. The largest absolute Gasteiger partial charge is 0.483 e. The van der Waals surface area contributed by atoms with Crippen molar-refractivity contribution in [2.24, 2.45) is 11.8 Å². The standard InChI is InChI=1S/C33H51NO3/c1-7-8-9-14-23(2)25(4)26-21-28(36-30(35)17-13-20-34-18-10-11-19-34)32-29(22-26)37-33(5,6)27-16-12-15-24(3)31(27)32/h21-25H,7-20H2,1-6H3. The van der Waals surface area contributed by atoms with Crippen LogP contribution in [0, 0.1) is 11.8 Å². The fraction of sp³-hybridized carbons (Fsp3) is 0.727. The molecule has 1 aromatic carbocycles. The van der Waals surface area contributed by atoms with Crippen LogP contribution in [0.1, 0.15) is 129 Å². The Morgan fingerprint density at radius 2 is 1.89 bits per heavy atom. The van der Waals surface area contributed by atoms with E-state index in [4.69, 9.17) is 9.47 Å². The van der Waals surface area contributed by atoms with Gasteiger partial charge in [0.25, 0.3) is 0 Å². The Kier molecular flexibility index (Phi) is 9.43. The summed E-state index contributed by atoms with van der Waals surface area (Å²) in [5, 5.41) is 0. The minimum atomic E-state index is -0.331. The Morgan fingerprint density at radius 3 is 2.62 bits per heavy atom. The number of hydrogen-bond acceptors (Lipinski definition) is 4. The number of fused-ring (bicyclic) bond motifs is 2. The first kappa shape index (κ1) is 28.2. The molecule has 4 heteroatoms. The lowest BCUT2D eigenvalue weighted by atomic mass is 9.72. The molecular formula is C33H51NO3. The highest BCUT2D eigenvalue weighted by Gasteiger charge is 2.40. The van der Waals surface area contributed by atoms with Gasteiger partial charge in [0.2, 0.25) is 0 Å². The van der Waals surface area contributed by atoms with Crippen molar-refractivity contribution in [2.75, 3.05) is 19.6 Å². The van der Waals surface area contributed by atoms with Gasteiger partial charge < -0.3 is 14.4 Å². The van der Waals surface area contributed by atoms with E-state index in [0.717, 1.165) is 36.4 Å². The lowest BCUT2D eigenvalue weighted by Gasteiger charge is -2.42. The number of esters is 1. The van der Waals surface area contributed by atoms with E-state index < -0.39 is 0 Å². The van der Waals surface area contributed by atoms with E-state index in [0.29, 0.717) is 24.2 Å². The Labute approximate surface area is 226 Å². The average molecular weight is 510 g/mol. The predicted molar refractivity (Wildman–Crippen MR) is 153 cm³/mol. The van der Waals surface area contributed by atoms with Crippen LogP contribution in [0.4, 0.5) is 0 Å². The van der Waals surface area contributed by atoms with Crippen LogP contribution in [0.15, 0.2) is 17.7 Å². The zero-order valence-electron chi connectivity index (χ0n) is 24.5. The van der Waals surface area contributed by atoms with Gasteiger partial charge in [0, 0.05) is 6.42 Å². The number of hydrogen-bond donors (Lipinski definition) is 0. The summed E-state index contributed by atoms with van der Waals surface area (Å²) in [6, 6.07) is 4.43. The Bertz CT molecular complexity index is 972. The van der Waals surface area contributed by atoms with Crippen LogP contribution in [0.3, 0.4) is 0 Å². The van der Waals surface area contributed by atoms with Gasteiger partial charge in [-0.15, -0.1) is 0 Å². The molecule has 0 radical (unpaired) electrons. The monoisotopic (exact) mass is 509 g/mol. The Hall–Kier alpha value is -1.81. The summed E-state index contributed by atoms with van der Waals surface area (Å²) in [4.78, 5) is 15.6. The molecule has 1 aromatic rings. The summed E-state index contributed by atoms with van der Waals surface area (Å²) in [5.41, 5.74) is 4.70. The first-order chi connectivity index (χ1) is 17.7. The van der Waals surface area contributed by atoms with Crippen LogP contribution >= 0.6 is 0 Å². The summed E-state index contributed by atoms with van der Waals surface area (Å²) in [6.07, 6.45) is 12.3. The van der Waals surface area contributed by atoms with Crippen molar-refractivity contribution in [3.63, 3.8) is 0 Å². The van der Waals surface area contributed by atoms with Gasteiger partial charge in [0.05, 0.1) is 5.56 Å². The molecule has 1 saturated heterocycles. The highest BCUT2D eigenvalue weighted by Crippen LogP contribution is 2.53. The highest BCUT2D eigenvalue weighted by atomic mass is 16.5. The maximum Gasteiger partial charge on any atom is 0.311 e. The van der Waals surface area contributed by atoms with E-state index in [2.05, 4.69) is 58.6 Å². The third-order valence-electron chi connectivity index (χ3n) is 9.25. The summed E-state index contributed by atoms with van der Waals surface area (Å²) in [5.74, 6) is 2.90. The van der Waals surface area contributed by atoms with Crippen LogP contribution in [0.25, 0.3) is 5.57 Å². The maximum absolute atomic E-state index is 13.1. The molecular weight excluding hydrogens is 458 g/mol. The van der Waals surface area contributed by atoms with Gasteiger partial charge in [-0.3, -0.25) is 4.79 Å². The SMILES string of the molecule is CCCCCC(C)C(C)c1cc(OC(=O)CCCN2CCCC2)c2c(c1)OC(C)(C)C1=C2C(C)CCC1. The fourth-order valence-electron chi connectivity index (χ4n) is 6.74. The van der Waals surface area contributed by atoms with Crippen LogP contribution in [-0.4, -0.2) is 36.1 Å². The maximum atomic E-state index is 13.1. The van der Waals surface area contributed by atoms with Crippen LogP contribution in [-0.2, 0) is 4.79 Å². The van der Waals surface area contributed by atoms with Gasteiger partial charge in [-0.2, -0.15) is 0 Å². The number of likely N-dealkylation sites (tertiary alicyclic amines) is 1. The molecule has 206 valence electrons. The summed E-state index contributed by atoms with van der Waals surface area (Å²) >= 11 is 0. The van der Waals surface area contributed by atoms with Gasteiger partial charge in [-0.25, -0.2) is 0 Å². The van der Waals surface area contributed by atoms with Gasteiger partial charge >= 0.3 is 5.97 Å². The molecule has 1 fully saturated rings. The molecule has 1 aliphatic carbocycles. The normalized spacial score (nSPS) is 22.7. The Balaban J connectivity index is 1.63. The molecule has 0 aromatic heterocycles. The smallest absolute Gasteiger partial charge is 0.311 e. The lowest BCUT2D eigenvalue weighted by molar-refractivity contribution is -0.134. The minimum Gasteiger partial charge on any atom is -0.483 e. The van der Waals surface area contributed by atoms with E-state index in [1.54, 1.807) is 0 Å². The second-order valence-electron chi connectivity index (χ2n) is 12.6. The average Bonchev–Trinajstić information content (AvgIpc) is 3.37. The van der Waals surface area contributed by atoms with E-state index in [9.17, 15) is 4.79 Å². The molecule has 3 unspecified atom stereocenters. The number of rotatable bonds is 11. The molecule has 3 atom stereocenters. The van der Waals surface area contributed by atoms with E-state index in [1.807, 2.05) is 0 Å². The third kappa shape index (κ3) is 6.61. The van der Waals surface area contributed by atoms with E-state index in [-0.39, 0.29) is 11.6 Å². The molecule has 0 spiro atoms. The van der Waals surface area contributed by atoms with Crippen molar-refractivity contribution in [3.05, 3.63) is 28.8 Å². The molecule has 0 N–H and O–H groups in total. The lowest BCUT2D eigenvalue weighted by Crippen LogP contribution is -2.37. The zero-order valence-corrected chi connectivity index (χ0v) is 24.5. The third-order valence-corrected chi connectivity index (χ3v) is 9.25. The molecule has 37 heavy (non-hydrogen) atoms.